The molecule has 5 heteroatoms. The van der Waals surface area contributed by atoms with Crippen molar-refractivity contribution >= 4 is 29.3 Å². The van der Waals surface area contributed by atoms with Crippen LogP contribution in [0.15, 0.2) is 17.5 Å². The largest absolute Gasteiger partial charge is 0.452 e. The van der Waals surface area contributed by atoms with Crippen molar-refractivity contribution in [3.8, 4) is 0 Å². The zero-order chi connectivity index (χ0) is 15.9. The second kappa shape index (κ2) is 8.13. The summed E-state index contributed by atoms with van der Waals surface area (Å²) in [5.74, 6) is -0.206. The van der Waals surface area contributed by atoms with Crippen LogP contribution in [-0.2, 0) is 14.3 Å². The van der Waals surface area contributed by atoms with Crippen molar-refractivity contribution in [2.24, 2.45) is 5.92 Å². The Labute approximate surface area is 135 Å². The van der Waals surface area contributed by atoms with Crippen LogP contribution in [0.2, 0.25) is 0 Å². The van der Waals surface area contributed by atoms with Crippen LogP contribution in [-0.4, -0.2) is 24.5 Å². The van der Waals surface area contributed by atoms with Gasteiger partial charge in [0.2, 0.25) is 0 Å². The lowest BCUT2D eigenvalue weighted by atomic mass is 9.86. The number of aryl methyl sites for hydroxylation is 1. The van der Waals surface area contributed by atoms with Crippen molar-refractivity contribution in [3.63, 3.8) is 0 Å². The number of amides is 1. The summed E-state index contributed by atoms with van der Waals surface area (Å²) in [6, 6.07) is 2.21. The molecule has 1 heterocycles. The van der Waals surface area contributed by atoms with Crippen molar-refractivity contribution in [3.05, 3.63) is 28.0 Å². The van der Waals surface area contributed by atoms with Crippen molar-refractivity contribution < 1.29 is 14.3 Å². The van der Waals surface area contributed by atoms with Crippen LogP contribution in [0.5, 0.6) is 0 Å². The Bertz CT molecular complexity index is 550. The highest BCUT2D eigenvalue weighted by atomic mass is 32.1. The average Bonchev–Trinajstić information content (AvgIpc) is 2.91. The molecule has 0 bridgehead atoms. The summed E-state index contributed by atoms with van der Waals surface area (Å²) >= 11 is 1.57. The Morgan fingerprint density at radius 1 is 1.41 bits per heavy atom. The quantitative estimate of drug-likeness (QED) is 0.668. The molecule has 1 aliphatic rings. The summed E-state index contributed by atoms with van der Waals surface area (Å²) in [5.41, 5.74) is 1.12. The summed E-state index contributed by atoms with van der Waals surface area (Å²) < 4.78 is 4.99. The highest BCUT2D eigenvalue weighted by molar-refractivity contribution is 7.11. The average molecular weight is 321 g/mol. The topological polar surface area (TPSA) is 55.4 Å². The Kier molecular flexibility index (Phi) is 6.19. The molecule has 0 radical (unpaired) electrons. The van der Waals surface area contributed by atoms with Crippen molar-refractivity contribution in [2.45, 2.75) is 45.6 Å². The summed E-state index contributed by atoms with van der Waals surface area (Å²) in [4.78, 5) is 24.5. The second-order valence-corrected chi connectivity index (χ2v) is 6.79. The summed E-state index contributed by atoms with van der Waals surface area (Å²) in [5, 5.41) is 4.94. The third kappa shape index (κ3) is 4.98. The first-order chi connectivity index (χ1) is 10.6. The van der Waals surface area contributed by atoms with E-state index >= 15 is 0 Å². The molecule has 1 fully saturated rings. The van der Waals surface area contributed by atoms with Crippen LogP contribution in [0.4, 0.5) is 0 Å². The molecule has 1 amide bonds. The molecule has 0 unspecified atom stereocenters. The van der Waals surface area contributed by atoms with Gasteiger partial charge in [-0.1, -0.05) is 19.8 Å². The monoisotopic (exact) mass is 321 g/mol. The molecule has 120 valence electrons. The van der Waals surface area contributed by atoms with E-state index in [-0.39, 0.29) is 18.6 Å². The third-order valence-electron chi connectivity index (χ3n) is 4.08. The van der Waals surface area contributed by atoms with Gasteiger partial charge in [-0.05, 0) is 48.8 Å². The first-order valence-corrected chi connectivity index (χ1v) is 8.62. The maximum absolute atomic E-state index is 11.8. The molecule has 1 N–H and O–H groups in total. The normalized spacial score (nSPS) is 21.7. The maximum Gasteiger partial charge on any atom is 0.331 e. The summed E-state index contributed by atoms with van der Waals surface area (Å²) in [6.07, 6.45) is 7.64. The van der Waals surface area contributed by atoms with E-state index < -0.39 is 5.97 Å². The van der Waals surface area contributed by atoms with Gasteiger partial charge in [0, 0.05) is 17.0 Å². The fraction of sp³-hybridized carbons (Fsp3) is 0.529. The molecular weight excluding hydrogens is 298 g/mol. The molecule has 1 aromatic rings. The van der Waals surface area contributed by atoms with Crippen LogP contribution in [0.1, 0.15) is 43.0 Å². The lowest BCUT2D eigenvalue weighted by molar-refractivity contribution is -0.144. The van der Waals surface area contributed by atoms with E-state index in [2.05, 4.69) is 12.2 Å². The van der Waals surface area contributed by atoms with Gasteiger partial charge in [0.15, 0.2) is 6.61 Å². The van der Waals surface area contributed by atoms with E-state index in [0.29, 0.717) is 5.92 Å². The first-order valence-electron chi connectivity index (χ1n) is 7.74. The number of rotatable bonds is 5. The van der Waals surface area contributed by atoms with Gasteiger partial charge in [0.05, 0.1) is 0 Å². The minimum atomic E-state index is -0.486. The van der Waals surface area contributed by atoms with Crippen molar-refractivity contribution in [1.82, 2.24) is 5.32 Å². The fourth-order valence-electron chi connectivity index (χ4n) is 2.66. The van der Waals surface area contributed by atoms with E-state index in [1.807, 2.05) is 18.4 Å². The molecule has 0 aliphatic heterocycles. The molecule has 0 spiro atoms. The van der Waals surface area contributed by atoms with Gasteiger partial charge in [-0.25, -0.2) is 4.79 Å². The van der Waals surface area contributed by atoms with Gasteiger partial charge in [0.1, 0.15) is 0 Å². The third-order valence-corrected chi connectivity index (χ3v) is 5.06. The van der Waals surface area contributed by atoms with Crippen LogP contribution in [0.25, 0.3) is 6.08 Å². The van der Waals surface area contributed by atoms with Gasteiger partial charge in [-0.3, -0.25) is 4.79 Å². The molecule has 0 aromatic carbocycles. The molecule has 2 atom stereocenters. The molecule has 0 saturated heterocycles. The first kappa shape index (κ1) is 16.7. The van der Waals surface area contributed by atoms with E-state index in [1.54, 1.807) is 17.4 Å². The van der Waals surface area contributed by atoms with E-state index in [9.17, 15) is 9.59 Å². The number of hydrogen-bond acceptors (Lipinski definition) is 4. The highest BCUT2D eigenvalue weighted by Crippen LogP contribution is 2.23. The lowest BCUT2D eigenvalue weighted by Crippen LogP contribution is -2.42. The molecule has 1 aliphatic carbocycles. The Morgan fingerprint density at radius 3 is 2.86 bits per heavy atom. The number of thiophene rings is 1. The van der Waals surface area contributed by atoms with E-state index in [4.69, 9.17) is 4.74 Å². The lowest BCUT2D eigenvalue weighted by Gasteiger charge is -2.29. The molecule has 1 aromatic heterocycles. The van der Waals surface area contributed by atoms with Crippen molar-refractivity contribution in [1.29, 1.82) is 0 Å². The standard InChI is InChI=1S/C17H23NO3S/c1-12-5-3-4-6-14(12)18-16(19)11-21-17(20)8-7-15-13(2)9-10-22-15/h7-10,12,14H,3-6,11H2,1-2H3,(H,18,19)/b8-7+/t12-,14-/m1/s1. The number of ether oxygens (including phenoxy) is 1. The SMILES string of the molecule is Cc1ccsc1/C=C/C(=O)OCC(=O)N[C@@H]1CCCC[C@H]1C. The molecule has 22 heavy (non-hydrogen) atoms. The van der Waals surface area contributed by atoms with Gasteiger partial charge in [-0.2, -0.15) is 0 Å². The number of carbonyl (C=O) groups excluding carboxylic acids is 2. The summed E-state index contributed by atoms with van der Waals surface area (Å²) in [7, 11) is 0. The van der Waals surface area contributed by atoms with Crippen LogP contribution >= 0.6 is 11.3 Å². The van der Waals surface area contributed by atoms with Gasteiger partial charge >= 0.3 is 5.97 Å². The number of hydrogen-bond donors (Lipinski definition) is 1. The van der Waals surface area contributed by atoms with Crippen LogP contribution in [0.3, 0.4) is 0 Å². The number of esters is 1. The van der Waals surface area contributed by atoms with Gasteiger partial charge in [0.25, 0.3) is 5.91 Å². The zero-order valence-electron chi connectivity index (χ0n) is 13.1. The number of carbonyl (C=O) groups is 2. The number of nitrogens with one attached hydrogen (secondary N) is 1. The van der Waals surface area contributed by atoms with Crippen molar-refractivity contribution in [2.75, 3.05) is 6.61 Å². The molecule has 1 saturated carbocycles. The van der Waals surface area contributed by atoms with Crippen LogP contribution < -0.4 is 5.32 Å². The predicted octanol–water partition coefficient (Wildman–Crippen LogP) is 3.31. The second-order valence-electron chi connectivity index (χ2n) is 5.84. The zero-order valence-corrected chi connectivity index (χ0v) is 13.9. The maximum atomic E-state index is 11.8. The van der Waals surface area contributed by atoms with E-state index in [1.165, 1.54) is 12.5 Å². The molecule has 2 rings (SSSR count). The molecule has 4 nitrogen and oxygen atoms in total. The van der Waals surface area contributed by atoms with Crippen LogP contribution in [0, 0.1) is 12.8 Å². The minimum Gasteiger partial charge on any atom is -0.452 e. The Balaban J connectivity index is 1.72. The fourth-order valence-corrected chi connectivity index (χ4v) is 3.48. The Morgan fingerprint density at radius 2 is 2.18 bits per heavy atom. The summed E-state index contributed by atoms with van der Waals surface area (Å²) in [6.45, 7) is 3.93. The highest BCUT2D eigenvalue weighted by Gasteiger charge is 2.22. The molecular formula is C17H23NO3S. The van der Waals surface area contributed by atoms with Gasteiger partial charge < -0.3 is 10.1 Å². The Hall–Kier alpha value is -1.62. The smallest absolute Gasteiger partial charge is 0.331 e. The van der Waals surface area contributed by atoms with E-state index in [0.717, 1.165) is 29.7 Å². The minimum absolute atomic E-state index is 0.212. The van der Waals surface area contributed by atoms with Gasteiger partial charge in [-0.15, -0.1) is 11.3 Å². The predicted molar refractivity (Wildman–Crippen MR) is 88.6 cm³/mol.